The number of pyridine rings is 1. The first-order chi connectivity index (χ1) is 12.5. The number of carbonyl (C=O) groups excluding carboxylic acids is 1. The fourth-order valence-corrected chi connectivity index (χ4v) is 3.08. The first kappa shape index (κ1) is 18.5. The maximum Gasteiger partial charge on any atom is 0.255 e. The SMILES string of the molecule is CN(CCCOc1cccc(Cl)c1)C(=O)c1cc(Cl)cc2cccnc12. The molecule has 1 amide bonds. The number of nitrogens with zero attached hydrogens (tertiary/aromatic N) is 2. The van der Waals surface area contributed by atoms with Gasteiger partial charge < -0.3 is 9.64 Å². The van der Waals surface area contributed by atoms with E-state index in [1.165, 1.54) is 0 Å². The number of amides is 1. The van der Waals surface area contributed by atoms with E-state index in [4.69, 9.17) is 27.9 Å². The van der Waals surface area contributed by atoms with Crippen LogP contribution in [0.15, 0.2) is 54.7 Å². The normalized spacial score (nSPS) is 10.7. The summed E-state index contributed by atoms with van der Waals surface area (Å²) in [7, 11) is 1.76. The van der Waals surface area contributed by atoms with Gasteiger partial charge in [0.05, 0.1) is 17.7 Å². The van der Waals surface area contributed by atoms with E-state index in [-0.39, 0.29) is 5.91 Å². The minimum Gasteiger partial charge on any atom is -0.493 e. The second-order valence-electron chi connectivity index (χ2n) is 5.91. The third-order valence-electron chi connectivity index (χ3n) is 3.95. The first-order valence-electron chi connectivity index (χ1n) is 8.23. The maximum atomic E-state index is 12.8. The number of carbonyl (C=O) groups is 1. The number of ether oxygens (including phenoxy) is 1. The number of rotatable bonds is 6. The molecule has 1 aromatic heterocycles. The Kier molecular flexibility index (Phi) is 5.96. The van der Waals surface area contributed by atoms with Crippen LogP contribution in [0.5, 0.6) is 5.75 Å². The van der Waals surface area contributed by atoms with Gasteiger partial charge in [0.25, 0.3) is 5.91 Å². The Morgan fingerprint density at radius 2 is 1.96 bits per heavy atom. The van der Waals surface area contributed by atoms with Crippen molar-refractivity contribution >= 4 is 40.0 Å². The predicted molar refractivity (Wildman–Crippen MR) is 105 cm³/mol. The van der Waals surface area contributed by atoms with Gasteiger partial charge in [0.2, 0.25) is 0 Å². The van der Waals surface area contributed by atoms with Crippen LogP contribution in [0.4, 0.5) is 0 Å². The Hall–Kier alpha value is -2.30. The number of hydrogen-bond acceptors (Lipinski definition) is 3. The van der Waals surface area contributed by atoms with E-state index < -0.39 is 0 Å². The highest BCUT2D eigenvalue weighted by molar-refractivity contribution is 6.32. The molecule has 26 heavy (non-hydrogen) atoms. The molecule has 0 atom stereocenters. The zero-order valence-corrected chi connectivity index (χ0v) is 15.8. The molecule has 3 rings (SSSR count). The molecule has 6 heteroatoms. The third-order valence-corrected chi connectivity index (χ3v) is 4.40. The second-order valence-corrected chi connectivity index (χ2v) is 6.79. The van der Waals surface area contributed by atoms with Gasteiger partial charge in [0.1, 0.15) is 5.75 Å². The molecule has 0 spiro atoms. The van der Waals surface area contributed by atoms with Crippen molar-refractivity contribution in [3.05, 3.63) is 70.3 Å². The van der Waals surface area contributed by atoms with E-state index in [9.17, 15) is 4.79 Å². The molecule has 2 aromatic carbocycles. The van der Waals surface area contributed by atoms with Crippen LogP contribution in [0.1, 0.15) is 16.8 Å². The van der Waals surface area contributed by atoms with Gasteiger partial charge >= 0.3 is 0 Å². The van der Waals surface area contributed by atoms with Crippen molar-refractivity contribution in [1.29, 1.82) is 0 Å². The van der Waals surface area contributed by atoms with E-state index in [1.807, 2.05) is 24.3 Å². The van der Waals surface area contributed by atoms with Gasteiger partial charge in [-0.3, -0.25) is 9.78 Å². The lowest BCUT2D eigenvalue weighted by Gasteiger charge is -2.18. The largest absolute Gasteiger partial charge is 0.493 e. The molecule has 0 aliphatic heterocycles. The fraction of sp³-hybridized carbons (Fsp3) is 0.200. The summed E-state index contributed by atoms with van der Waals surface area (Å²) in [6, 6.07) is 14.4. The van der Waals surface area contributed by atoms with Crippen LogP contribution in [0.25, 0.3) is 10.9 Å². The summed E-state index contributed by atoms with van der Waals surface area (Å²) >= 11 is 12.1. The minimum atomic E-state index is -0.112. The van der Waals surface area contributed by atoms with Gasteiger partial charge in [-0.1, -0.05) is 35.3 Å². The molecule has 0 N–H and O–H groups in total. The summed E-state index contributed by atoms with van der Waals surface area (Å²) in [5, 5.41) is 2.00. The summed E-state index contributed by atoms with van der Waals surface area (Å²) in [4.78, 5) is 18.8. The van der Waals surface area contributed by atoms with E-state index in [1.54, 1.807) is 42.4 Å². The summed E-state index contributed by atoms with van der Waals surface area (Å²) in [6.45, 7) is 1.05. The van der Waals surface area contributed by atoms with Crippen LogP contribution < -0.4 is 4.74 Å². The Balaban J connectivity index is 1.61. The third kappa shape index (κ3) is 4.45. The molecule has 0 saturated heterocycles. The van der Waals surface area contributed by atoms with Crippen molar-refractivity contribution in [1.82, 2.24) is 9.88 Å². The fourth-order valence-electron chi connectivity index (χ4n) is 2.67. The van der Waals surface area contributed by atoms with Crippen LogP contribution in [0, 0.1) is 0 Å². The lowest BCUT2D eigenvalue weighted by molar-refractivity contribution is 0.0789. The highest BCUT2D eigenvalue weighted by atomic mass is 35.5. The standard InChI is InChI=1S/C20H18Cl2N2O2/c1-24(9-4-10-26-17-7-2-6-15(21)12-17)20(25)18-13-16(22)11-14-5-3-8-23-19(14)18/h2-3,5-8,11-13H,4,9-10H2,1H3. The Bertz CT molecular complexity index is 931. The molecule has 3 aromatic rings. The molecule has 4 nitrogen and oxygen atoms in total. The second kappa shape index (κ2) is 8.39. The number of aromatic nitrogens is 1. The summed E-state index contributed by atoms with van der Waals surface area (Å²) in [5.41, 5.74) is 1.16. The van der Waals surface area contributed by atoms with E-state index in [2.05, 4.69) is 4.98 Å². The van der Waals surface area contributed by atoms with Crippen molar-refractivity contribution in [2.45, 2.75) is 6.42 Å². The molecule has 0 saturated carbocycles. The molecule has 1 heterocycles. The smallest absolute Gasteiger partial charge is 0.255 e. The van der Waals surface area contributed by atoms with Crippen LogP contribution >= 0.6 is 23.2 Å². The summed E-state index contributed by atoms with van der Waals surface area (Å²) in [5.74, 6) is 0.607. The zero-order valence-electron chi connectivity index (χ0n) is 14.3. The van der Waals surface area contributed by atoms with E-state index in [0.717, 1.165) is 11.1 Å². The van der Waals surface area contributed by atoms with E-state index in [0.29, 0.717) is 40.7 Å². The number of hydrogen-bond donors (Lipinski definition) is 0. The Labute approximate surface area is 162 Å². The van der Waals surface area contributed by atoms with Crippen LogP contribution in [-0.2, 0) is 0 Å². The molecule has 0 radical (unpaired) electrons. The molecule has 134 valence electrons. The molecule has 0 aliphatic carbocycles. The number of fused-ring (bicyclic) bond motifs is 1. The predicted octanol–water partition coefficient (Wildman–Crippen LogP) is 5.08. The first-order valence-corrected chi connectivity index (χ1v) is 8.98. The van der Waals surface area contributed by atoms with Gasteiger partial charge in [-0.25, -0.2) is 0 Å². The topological polar surface area (TPSA) is 42.4 Å². The molecule has 0 fully saturated rings. The molecule has 0 aliphatic rings. The quantitative estimate of drug-likeness (QED) is 0.552. The van der Waals surface area contributed by atoms with Gasteiger partial charge in [0, 0.05) is 35.2 Å². The van der Waals surface area contributed by atoms with Crippen LogP contribution in [0.3, 0.4) is 0 Å². The number of halogens is 2. The highest BCUT2D eigenvalue weighted by Crippen LogP contribution is 2.23. The van der Waals surface area contributed by atoms with Gasteiger partial charge in [-0.05, 0) is 42.8 Å². The van der Waals surface area contributed by atoms with Crippen LogP contribution in [0.2, 0.25) is 10.0 Å². The Morgan fingerprint density at radius 1 is 1.12 bits per heavy atom. The monoisotopic (exact) mass is 388 g/mol. The van der Waals surface area contributed by atoms with Crippen molar-refractivity contribution < 1.29 is 9.53 Å². The molecule has 0 bridgehead atoms. The van der Waals surface area contributed by atoms with Crippen molar-refractivity contribution in [2.24, 2.45) is 0 Å². The maximum absolute atomic E-state index is 12.8. The average Bonchev–Trinajstić information content (AvgIpc) is 2.63. The van der Waals surface area contributed by atoms with Gasteiger partial charge in [-0.2, -0.15) is 0 Å². The van der Waals surface area contributed by atoms with Crippen molar-refractivity contribution in [3.63, 3.8) is 0 Å². The minimum absolute atomic E-state index is 0.112. The van der Waals surface area contributed by atoms with Crippen LogP contribution in [-0.4, -0.2) is 36.0 Å². The lowest BCUT2D eigenvalue weighted by atomic mass is 10.1. The Morgan fingerprint density at radius 3 is 2.77 bits per heavy atom. The average molecular weight is 389 g/mol. The van der Waals surface area contributed by atoms with Crippen molar-refractivity contribution in [2.75, 3.05) is 20.2 Å². The van der Waals surface area contributed by atoms with E-state index >= 15 is 0 Å². The van der Waals surface area contributed by atoms with Gasteiger partial charge in [0.15, 0.2) is 0 Å². The zero-order chi connectivity index (χ0) is 18.5. The molecule has 0 unspecified atom stereocenters. The summed E-state index contributed by atoms with van der Waals surface area (Å²) in [6.07, 6.45) is 2.37. The molecular weight excluding hydrogens is 371 g/mol. The lowest BCUT2D eigenvalue weighted by Crippen LogP contribution is -2.29. The summed E-state index contributed by atoms with van der Waals surface area (Å²) < 4.78 is 5.66. The highest BCUT2D eigenvalue weighted by Gasteiger charge is 2.16. The number of benzene rings is 2. The van der Waals surface area contributed by atoms with Crippen molar-refractivity contribution in [3.8, 4) is 5.75 Å². The van der Waals surface area contributed by atoms with Gasteiger partial charge in [-0.15, -0.1) is 0 Å². The molecular formula is C20H18Cl2N2O2.